The lowest BCUT2D eigenvalue weighted by Crippen LogP contribution is -2.46. The molecule has 104 valence electrons. The van der Waals surface area contributed by atoms with E-state index in [1.165, 1.54) is 0 Å². The highest BCUT2D eigenvalue weighted by Gasteiger charge is 2.32. The Morgan fingerprint density at radius 1 is 1.37 bits per heavy atom. The zero-order valence-electron chi connectivity index (χ0n) is 11.5. The first-order valence-corrected chi connectivity index (χ1v) is 6.74. The van der Waals surface area contributed by atoms with Crippen molar-refractivity contribution in [3.8, 4) is 0 Å². The molecular formula is C15H21NO3. The fraction of sp³-hybridized carbons (Fsp3) is 0.533. The SMILES string of the molecule is CCOC1CC(N(C)Cc2ccc(C(=O)O)cc2)C1. The number of ether oxygens (including phenoxy) is 1. The van der Waals surface area contributed by atoms with E-state index in [0.717, 1.165) is 31.6 Å². The molecule has 1 aliphatic rings. The standard InChI is InChI=1S/C15H21NO3/c1-3-19-14-8-13(9-14)16(2)10-11-4-6-12(7-5-11)15(17)18/h4-7,13-14H,3,8-10H2,1-2H3,(H,17,18). The highest BCUT2D eigenvalue weighted by molar-refractivity contribution is 5.87. The van der Waals surface area contributed by atoms with E-state index in [9.17, 15) is 4.79 Å². The second kappa shape index (κ2) is 6.17. The Balaban J connectivity index is 1.82. The maximum Gasteiger partial charge on any atom is 0.335 e. The van der Waals surface area contributed by atoms with Gasteiger partial charge < -0.3 is 9.84 Å². The lowest BCUT2D eigenvalue weighted by Gasteiger charge is -2.40. The lowest BCUT2D eigenvalue weighted by molar-refractivity contribution is -0.0419. The van der Waals surface area contributed by atoms with Crippen LogP contribution >= 0.6 is 0 Å². The molecule has 0 atom stereocenters. The molecule has 1 aromatic rings. The molecule has 2 rings (SSSR count). The largest absolute Gasteiger partial charge is 0.478 e. The van der Waals surface area contributed by atoms with Crippen LogP contribution in [0.1, 0.15) is 35.7 Å². The van der Waals surface area contributed by atoms with Gasteiger partial charge in [-0.05, 0) is 44.5 Å². The van der Waals surface area contributed by atoms with Crippen LogP contribution in [0.3, 0.4) is 0 Å². The van der Waals surface area contributed by atoms with Gasteiger partial charge in [-0.2, -0.15) is 0 Å². The Bertz CT molecular complexity index is 424. The average Bonchev–Trinajstić information content (AvgIpc) is 2.33. The van der Waals surface area contributed by atoms with Crippen molar-refractivity contribution in [2.75, 3.05) is 13.7 Å². The van der Waals surface area contributed by atoms with E-state index in [0.29, 0.717) is 17.7 Å². The molecule has 1 N–H and O–H groups in total. The van der Waals surface area contributed by atoms with Crippen LogP contribution in [0.15, 0.2) is 24.3 Å². The molecule has 0 aromatic heterocycles. The fourth-order valence-electron chi connectivity index (χ4n) is 2.44. The molecule has 0 spiro atoms. The average molecular weight is 263 g/mol. The Hall–Kier alpha value is -1.39. The maximum atomic E-state index is 10.8. The number of benzene rings is 1. The summed E-state index contributed by atoms with van der Waals surface area (Å²) in [6.07, 6.45) is 2.61. The number of carboxylic acid groups (broad SMARTS) is 1. The number of hydrogen-bond donors (Lipinski definition) is 1. The molecule has 0 bridgehead atoms. The van der Waals surface area contributed by atoms with Gasteiger partial charge >= 0.3 is 5.97 Å². The summed E-state index contributed by atoms with van der Waals surface area (Å²) in [4.78, 5) is 13.1. The zero-order valence-corrected chi connectivity index (χ0v) is 11.5. The summed E-state index contributed by atoms with van der Waals surface area (Å²) in [5, 5.41) is 8.85. The molecule has 0 unspecified atom stereocenters. The van der Waals surface area contributed by atoms with Gasteiger partial charge in [-0.3, -0.25) is 4.90 Å². The normalized spacial score (nSPS) is 22.3. The summed E-state index contributed by atoms with van der Waals surface area (Å²) in [5.74, 6) is -0.876. The summed E-state index contributed by atoms with van der Waals surface area (Å²) < 4.78 is 5.56. The second-order valence-corrected chi connectivity index (χ2v) is 5.12. The van der Waals surface area contributed by atoms with Crippen LogP contribution in [-0.4, -0.2) is 41.8 Å². The van der Waals surface area contributed by atoms with Gasteiger partial charge in [0.15, 0.2) is 0 Å². The van der Waals surface area contributed by atoms with Gasteiger partial charge in [0, 0.05) is 19.2 Å². The molecule has 0 aliphatic heterocycles. The van der Waals surface area contributed by atoms with Gasteiger partial charge in [0.05, 0.1) is 11.7 Å². The van der Waals surface area contributed by atoms with Crippen molar-refractivity contribution < 1.29 is 14.6 Å². The van der Waals surface area contributed by atoms with Crippen molar-refractivity contribution in [1.82, 2.24) is 4.90 Å². The summed E-state index contributed by atoms with van der Waals surface area (Å²) in [5.41, 5.74) is 1.49. The number of nitrogens with zero attached hydrogens (tertiary/aromatic N) is 1. The van der Waals surface area contributed by atoms with Gasteiger partial charge in [0.1, 0.15) is 0 Å². The van der Waals surface area contributed by atoms with Gasteiger partial charge in [0.25, 0.3) is 0 Å². The van der Waals surface area contributed by atoms with Crippen molar-refractivity contribution >= 4 is 5.97 Å². The molecule has 0 saturated heterocycles. The molecule has 0 radical (unpaired) electrons. The van der Waals surface area contributed by atoms with E-state index >= 15 is 0 Å². The fourth-order valence-corrected chi connectivity index (χ4v) is 2.44. The smallest absolute Gasteiger partial charge is 0.335 e. The molecule has 1 saturated carbocycles. The molecule has 4 nitrogen and oxygen atoms in total. The minimum absolute atomic E-state index is 0.339. The third kappa shape index (κ3) is 3.55. The van der Waals surface area contributed by atoms with Crippen molar-refractivity contribution in [2.45, 2.75) is 38.5 Å². The molecule has 4 heteroatoms. The minimum Gasteiger partial charge on any atom is -0.478 e. The molecule has 1 aromatic carbocycles. The van der Waals surface area contributed by atoms with Gasteiger partial charge in [-0.1, -0.05) is 12.1 Å². The molecule has 19 heavy (non-hydrogen) atoms. The Morgan fingerprint density at radius 2 is 2.00 bits per heavy atom. The van der Waals surface area contributed by atoms with Gasteiger partial charge in [-0.25, -0.2) is 4.79 Å². The Kier molecular flexibility index (Phi) is 4.56. The first kappa shape index (κ1) is 14.0. The summed E-state index contributed by atoms with van der Waals surface area (Å²) in [7, 11) is 2.11. The Morgan fingerprint density at radius 3 is 2.53 bits per heavy atom. The van der Waals surface area contributed by atoms with Crippen LogP contribution in [0.25, 0.3) is 0 Å². The Labute approximate surface area is 114 Å². The van der Waals surface area contributed by atoms with E-state index in [2.05, 4.69) is 11.9 Å². The molecule has 0 heterocycles. The van der Waals surface area contributed by atoms with Crippen molar-refractivity contribution in [3.05, 3.63) is 35.4 Å². The quantitative estimate of drug-likeness (QED) is 0.856. The minimum atomic E-state index is -0.876. The molecule has 1 aliphatic carbocycles. The van der Waals surface area contributed by atoms with Gasteiger partial charge in [0.2, 0.25) is 0 Å². The predicted molar refractivity (Wildman–Crippen MR) is 73.3 cm³/mol. The van der Waals surface area contributed by atoms with E-state index in [-0.39, 0.29) is 0 Å². The third-order valence-corrected chi connectivity index (χ3v) is 3.73. The van der Waals surface area contributed by atoms with Crippen LogP contribution in [0.4, 0.5) is 0 Å². The lowest BCUT2D eigenvalue weighted by atomic mass is 9.88. The van der Waals surface area contributed by atoms with Crippen LogP contribution in [-0.2, 0) is 11.3 Å². The monoisotopic (exact) mass is 263 g/mol. The third-order valence-electron chi connectivity index (χ3n) is 3.73. The van der Waals surface area contributed by atoms with E-state index in [4.69, 9.17) is 9.84 Å². The number of carboxylic acids is 1. The topological polar surface area (TPSA) is 49.8 Å². The zero-order chi connectivity index (χ0) is 13.8. The highest BCUT2D eigenvalue weighted by Crippen LogP contribution is 2.28. The van der Waals surface area contributed by atoms with E-state index in [1.807, 2.05) is 19.1 Å². The van der Waals surface area contributed by atoms with Crippen LogP contribution in [0, 0.1) is 0 Å². The first-order valence-electron chi connectivity index (χ1n) is 6.74. The first-order chi connectivity index (χ1) is 9.10. The number of aromatic carboxylic acids is 1. The maximum absolute atomic E-state index is 10.8. The molecule has 0 amide bonds. The molecule has 1 fully saturated rings. The summed E-state index contributed by atoms with van der Waals surface area (Å²) in [6, 6.07) is 7.68. The number of carbonyl (C=O) groups is 1. The van der Waals surface area contributed by atoms with Crippen molar-refractivity contribution in [2.24, 2.45) is 0 Å². The van der Waals surface area contributed by atoms with Crippen LogP contribution in [0.2, 0.25) is 0 Å². The van der Waals surface area contributed by atoms with E-state index < -0.39 is 5.97 Å². The molecular weight excluding hydrogens is 242 g/mol. The second-order valence-electron chi connectivity index (χ2n) is 5.12. The summed E-state index contributed by atoms with van der Waals surface area (Å²) in [6.45, 7) is 3.67. The van der Waals surface area contributed by atoms with E-state index in [1.54, 1.807) is 12.1 Å². The van der Waals surface area contributed by atoms with Crippen LogP contribution in [0.5, 0.6) is 0 Å². The number of hydrogen-bond acceptors (Lipinski definition) is 3. The van der Waals surface area contributed by atoms with Crippen molar-refractivity contribution in [1.29, 1.82) is 0 Å². The van der Waals surface area contributed by atoms with Crippen LogP contribution < -0.4 is 0 Å². The highest BCUT2D eigenvalue weighted by atomic mass is 16.5. The number of rotatable bonds is 6. The van der Waals surface area contributed by atoms with Gasteiger partial charge in [-0.15, -0.1) is 0 Å². The van der Waals surface area contributed by atoms with Crippen molar-refractivity contribution in [3.63, 3.8) is 0 Å². The predicted octanol–water partition coefficient (Wildman–Crippen LogP) is 2.38. The summed E-state index contributed by atoms with van der Waals surface area (Å²) >= 11 is 0.